The number of carboxylic acid groups (broad SMARTS) is 1. The quantitative estimate of drug-likeness (QED) is 0.747. The molecule has 5 nitrogen and oxygen atoms in total. The Morgan fingerprint density at radius 1 is 1.42 bits per heavy atom. The molecule has 1 amide bonds. The van der Waals surface area contributed by atoms with Crippen LogP contribution in [0.4, 0.5) is 0 Å². The number of hydrogen-bond acceptors (Lipinski definition) is 3. The Balaban J connectivity index is 2.51. The number of halogens is 1. The predicted molar refractivity (Wildman–Crippen MR) is 74.2 cm³/mol. The molecular formula is C13H16BrNO4. The monoisotopic (exact) mass is 329 g/mol. The lowest BCUT2D eigenvalue weighted by Crippen LogP contribution is -2.28. The molecule has 1 atom stereocenters. The van der Waals surface area contributed by atoms with E-state index < -0.39 is 5.97 Å². The van der Waals surface area contributed by atoms with Crippen molar-refractivity contribution in [2.45, 2.75) is 19.8 Å². The molecule has 1 rings (SSSR count). The predicted octanol–water partition coefficient (Wildman–Crippen LogP) is 2.39. The molecule has 104 valence electrons. The Kier molecular flexibility index (Phi) is 5.82. The maximum Gasteiger partial charge on any atom is 0.303 e. The highest BCUT2D eigenvalue weighted by Gasteiger charge is 2.13. The van der Waals surface area contributed by atoms with Gasteiger partial charge in [-0.25, -0.2) is 0 Å². The van der Waals surface area contributed by atoms with Crippen molar-refractivity contribution in [3.05, 3.63) is 28.2 Å². The highest BCUT2D eigenvalue weighted by Crippen LogP contribution is 2.21. The molecular weight excluding hydrogens is 314 g/mol. The summed E-state index contributed by atoms with van der Waals surface area (Å²) >= 11 is 3.23. The molecule has 0 saturated heterocycles. The number of benzene rings is 1. The lowest BCUT2D eigenvalue weighted by Gasteiger charge is -2.12. The Morgan fingerprint density at radius 2 is 2.11 bits per heavy atom. The number of nitrogens with one attached hydrogen (secondary N) is 1. The van der Waals surface area contributed by atoms with Crippen LogP contribution in [0.25, 0.3) is 0 Å². The van der Waals surface area contributed by atoms with E-state index in [9.17, 15) is 14.7 Å². The lowest BCUT2D eigenvalue weighted by atomic mass is 10.1. The second-order valence-electron chi connectivity index (χ2n) is 4.41. The zero-order valence-corrected chi connectivity index (χ0v) is 12.1. The molecule has 19 heavy (non-hydrogen) atoms. The molecule has 1 aromatic carbocycles. The zero-order chi connectivity index (χ0) is 14.4. The third-order valence-electron chi connectivity index (χ3n) is 2.67. The smallest absolute Gasteiger partial charge is 0.303 e. The average Bonchev–Trinajstić information content (AvgIpc) is 2.36. The van der Waals surface area contributed by atoms with Crippen LogP contribution < -0.4 is 5.32 Å². The van der Waals surface area contributed by atoms with E-state index in [2.05, 4.69) is 21.2 Å². The summed E-state index contributed by atoms with van der Waals surface area (Å²) in [6.45, 7) is 2.24. The third-order valence-corrected chi connectivity index (χ3v) is 3.16. The van der Waals surface area contributed by atoms with Crippen LogP contribution in [-0.2, 0) is 4.79 Å². The molecule has 0 aliphatic heterocycles. The van der Waals surface area contributed by atoms with Gasteiger partial charge in [0.2, 0.25) is 0 Å². The van der Waals surface area contributed by atoms with E-state index in [1.807, 2.05) is 6.92 Å². The standard InChI is InChI=1S/C13H16BrNO4/c1-8(2-5-12(17)18)7-15-13(19)10-6-9(14)3-4-11(10)16/h3-4,6,8,16H,2,5,7H2,1H3,(H,15,19)(H,17,18). The lowest BCUT2D eigenvalue weighted by molar-refractivity contribution is -0.137. The number of rotatable bonds is 6. The summed E-state index contributed by atoms with van der Waals surface area (Å²) in [5.74, 6) is -1.24. The first-order valence-electron chi connectivity index (χ1n) is 5.88. The number of carbonyl (C=O) groups excluding carboxylic acids is 1. The average molecular weight is 330 g/mol. The van der Waals surface area contributed by atoms with Crippen LogP contribution >= 0.6 is 15.9 Å². The van der Waals surface area contributed by atoms with E-state index in [-0.39, 0.29) is 29.6 Å². The van der Waals surface area contributed by atoms with Crippen LogP contribution in [0.2, 0.25) is 0 Å². The number of hydrogen-bond donors (Lipinski definition) is 3. The molecule has 0 aliphatic rings. The van der Waals surface area contributed by atoms with Gasteiger partial charge in [-0.1, -0.05) is 22.9 Å². The highest BCUT2D eigenvalue weighted by atomic mass is 79.9. The SMILES string of the molecule is CC(CCC(=O)O)CNC(=O)c1cc(Br)ccc1O. The van der Waals surface area contributed by atoms with Gasteiger partial charge in [-0.05, 0) is 30.5 Å². The number of phenols is 1. The van der Waals surface area contributed by atoms with Crippen molar-refractivity contribution < 1.29 is 19.8 Å². The van der Waals surface area contributed by atoms with Crippen LogP contribution in [0.1, 0.15) is 30.1 Å². The summed E-state index contributed by atoms with van der Waals surface area (Å²) in [6, 6.07) is 4.61. The van der Waals surface area contributed by atoms with Crippen LogP contribution in [0.3, 0.4) is 0 Å². The number of aromatic hydroxyl groups is 1. The molecule has 0 spiro atoms. The number of phenolic OH excluding ortho intramolecular Hbond substituents is 1. The van der Waals surface area contributed by atoms with Gasteiger partial charge in [0, 0.05) is 17.4 Å². The van der Waals surface area contributed by atoms with Crippen molar-refractivity contribution in [2.24, 2.45) is 5.92 Å². The first-order valence-corrected chi connectivity index (χ1v) is 6.68. The van der Waals surface area contributed by atoms with Crippen LogP contribution in [0.15, 0.2) is 22.7 Å². The number of carboxylic acids is 1. The molecule has 0 aromatic heterocycles. The van der Waals surface area contributed by atoms with E-state index in [4.69, 9.17) is 5.11 Å². The Labute approximate surface area is 119 Å². The first-order chi connectivity index (χ1) is 8.90. The Hall–Kier alpha value is -1.56. The normalized spacial score (nSPS) is 11.9. The molecule has 0 fully saturated rings. The van der Waals surface area contributed by atoms with E-state index in [1.54, 1.807) is 6.07 Å². The maximum absolute atomic E-state index is 11.9. The van der Waals surface area contributed by atoms with Crippen molar-refractivity contribution in [2.75, 3.05) is 6.54 Å². The third kappa shape index (κ3) is 5.30. The fraction of sp³-hybridized carbons (Fsp3) is 0.385. The molecule has 0 bridgehead atoms. The van der Waals surface area contributed by atoms with Crippen LogP contribution in [0, 0.1) is 5.92 Å². The molecule has 0 radical (unpaired) electrons. The minimum absolute atomic E-state index is 0.0642. The number of carbonyl (C=O) groups is 2. The van der Waals surface area contributed by atoms with E-state index in [0.29, 0.717) is 17.4 Å². The van der Waals surface area contributed by atoms with Crippen molar-refractivity contribution in [1.82, 2.24) is 5.32 Å². The Bertz CT molecular complexity index is 476. The second-order valence-corrected chi connectivity index (χ2v) is 5.32. The second kappa shape index (κ2) is 7.13. The summed E-state index contributed by atoms with van der Waals surface area (Å²) in [4.78, 5) is 22.3. The van der Waals surface area contributed by atoms with Gasteiger partial charge in [-0.2, -0.15) is 0 Å². The van der Waals surface area contributed by atoms with Gasteiger partial charge in [-0.15, -0.1) is 0 Å². The van der Waals surface area contributed by atoms with E-state index >= 15 is 0 Å². The molecule has 0 saturated carbocycles. The topological polar surface area (TPSA) is 86.6 Å². The summed E-state index contributed by atoms with van der Waals surface area (Å²) in [5, 5.41) is 20.8. The van der Waals surface area contributed by atoms with Gasteiger partial charge in [0.25, 0.3) is 5.91 Å². The van der Waals surface area contributed by atoms with Crippen molar-refractivity contribution in [3.8, 4) is 5.75 Å². The first kappa shape index (κ1) is 15.5. The highest BCUT2D eigenvalue weighted by molar-refractivity contribution is 9.10. The molecule has 0 aliphatic carbocycles. The zero-order valence-electron chi connectivity index (χ0n) is 10.5. The minimum atomic E-state index is -0.845. The van der Waals surface area contributed by atoms with Gasteiger partial charge in [0.1, 0.15) is 5.75 Å². The molecule has 1 aromatic rings. The summed E-state index contributed by atoms with van der Waals surface area (Å²) in [5.41, 5.74) is 0.194. The summed E-state index contributed by atoms with van der Waals surface area (Å²) < 4.78 is 0.703. The molecule has 1 unspecified atom stereocenters. The largest absolute Gasteiger partial charge is 0.507 e. The van der Waals surface area contributed by atoms with Crippen molar-refractivity contribution in [1.29, 1.82) is 0 Å². The molecule has 0 heterocycles. The summed E-state index contributed by atoms with van der Waals surface area (Å²) in [6.07, 6.45) is 0.583. The number of amides is 1. The Morgan fingerprint density at radius 3 is 2.74 bits per heavy atom. The minimum Gasteiger partial charge on any atom is -0.507 e. The van der Waals surface area contributed by atoms with E-state index in [0.717, 1.165) is 0 Å². The fourth-order valence-electron chi connectivity index (χ4n) is 1.52. The fourth-order valence-corrected chi connectivity index (χ4v) is 1.89. The van der Waals surface area contributed by atoms with Crippen molar-refractivity contribution in [3.63, 3.8) is 0 Å². The van der Waals surface area contributed by atoms with Gasteiger partial charge in [0.05, 0.1) is 5.56 Å². The van der Waals surface area contributed by atoms with Gasteiger partial charge < -0.3 is 15.5 Å². The van der Waals surface area contributed by atoms with Gasteiger partial charge in [-0.3, -0.25) is 9.59 Å². The van der Waals surface area contributed by atoms with Crippen LogP contribution in [-0.4, -0.2) is 28.6 Å². The summed E-state index contributed by atoms with van der Waals surface area (Å²) in [7, 11) is 0. The molecule has 6 heteroatoms. The molecule has 3 N–H and O–H groups in total. The number of aliphatic carboxylic acids is 1. The van der Waals surface area contributed by atoms with E-state index in [1.165, 1.54) is 12.1 Å². The van der Waals surface area contributed by atoms with Gasteiger partial charge >= 0.3 is 5.97 Å². The maximum atomic E-state index is 11.9. The van der Waals surface area contributed by atoms with Crippen LogP contribution in [0.5, 0.6) is 5.75 Å². The van der Waals surface area contributed by atoms with Gasteiger partial charge in [0.15, 0.2) is 0 Å². The van der Waals surface area contributed by atoms with Crippen molar-refractivity contribution >= 4 is 27.8 Å².